The van der Waals surface area contributed by atoms with E-state index in [0.717, 1.165) is 39.2 Å². The average molecular weight is 649 g/mol. The normalized spacial score (nSPS) is 11.5. The van der Waals surface area contributed by atoms with E-state index in [1.54, 1.807) is 0 Å². The summed E-state index contributed by atoms with van der Waals surface area (Å²) in [5.41, 5.74) is 11.4. The minimum atomic E-state index is 0.925. The average Bonchev–Trinajstić information content (AvgIpc) is 3.59. The Balaban J connectivity index is 1.23. The molecule has 1 heterocycles. The van der Waals surface area contributed by atoms with Gasteiger partial charge in [0.2, 0.25) is 0 Å². The zero-order chi connectivity index (χ0) is 33.7. The number of hydrogen-bond acceptors (Lipinski definition) is 1. The number of nitrogens with zero attached hydrogens (tertiary/aromatic N) is 2. The summed E-state index contributed by atoms with van der Waals surface area (Å²) in [6.07, 6.45) is 0. The summed E-state index contributed by atoms with van der Waals surface area (Å²) in [5.74, 6) is 0.925. The third-order valence-electron chi connectivity index (χ3n) is 10.2. The Morgan fingerprint density at radius 2 is 0.863 bits per heavy atom. The van der Waals surface area contributed by atoms with Crippen LogP contribution >= 0.6 is 0 Å². The predicted octanol–water partition coefficient (Wildman–Crippen LogP) is 13.2. The lowest BCUT2D eigenvalue weighted by Gasteiger charge is -2.18. The van der Waals surface area contributed by atoms with E-state index in [9.17, 15) is 0 Å². The predicted molar refractivity (Wildman–Crippen MR) is 215 cm³/mol. The maximum absolute atomic E-state index is 5.45. The van der Waals surface area contributed by atoms with Crippen molar-refractivity contribution in [1.29, 1.82) is 0 Å². The Labute approximate surface area is 296 Å². The third kappa shape index (κ3) is 4.84. The van der Waals surface area contributed by atoms with E-state index in [-0.39, 0.29) is 0 Å². The van der Waals surface area contributed by atoms with Crippen LogP contribution in [0.25, 0.3) is 93.8 Å². The van der Waals surface area contributed by atoms with Crippen LogP contribution < -0.4 is 0 Å². The number of rotatable bonds is 5. The Kier molecular flexibility index (Phi) is 6.85. The number of hydrogen-bond donors (Lipinski definition) is 0. The molecule has 0 unspecified atom stereocenters. The van der Waals surface area contributed by atoms with Crippen LogP contribution in [-0.4, -0.2) is 9.55 Å². The van der Waals surface area contributed by atoms with Gasteiger partial charge in [0.25, 0.3) is 0 Å². The van der Waals surface area contributed by atoms with Crippen molar-refractivity contribution < 1.29 is 0 Å². The number of aromatic nitrogens is 2. The summed E-state index contributed by atoms with van der Waals surface area (Å²) in [7, 11) is 0. The molecule has 0 fully saturated rings. The highest BCUT2D eigenvalue weighted by Crippen LogP contribution is 2.45. The van der Waals surface area contributed by atoms with Crippen molar-refractivity contribution in [3.63, 3.8) is 0 Å². The van der Waals surface area contributed by atoms with Gasteiger partial charge in [-0.25, -0.2) is 4.98 Å². The van der Waals surface area contributed by atoms with Crippen molar-refractivity contribution in [3.8, 4) is 50.5 Å². The Morgan fingerprint density at radius 3 is 1.53 bits per heavy atom. The molecule has 0 atom stereocenters. The first-order chi connectivity index (χ1) is 25.3. The molecule has 0 bridgehead atoms. The molecule has 0 radical (unpaired) electrons. The second kappa shape index (κ2) is 12.0. The van der Waals surface area contributed by atoms with Crippen molar-refractivity contribution in [2.24, 2.45) is 0 Å². The standard InChI is InChI=1S/C49H32N2/c1-3-16-34(17-4-1)39-21-9-14-26-44(39)49-50-45-32-37(29-30-46(45)51(49)38-19-5-2-6-20-38)48-42-24-12-10-22-40(42)47(41-23-11-13-25-43(41)48)36-28-27-33-15-7-8-18-35(33)31-36/h1-32H. The maximum atomic E-state index is 5.45. The van der Waals surface area contributed by atoms with Crippen LogP contribution in [0.3, 0.4) is 0 Å². The van der Waals surface area contributed by atoms with Gasteiger partial charge in [0.1, 0.15) is 5.82 Å². The largest absolute Gasteiger partial charge is 0.292 e. The zero-order valence-corrected chi connectivity index (χ0v) is 27.9. The van der Waals surface area contributed by atoms with Crippen LogP contribution in [0.5, 0.6) is 0 Å². The number of fused-ring (bicyclic) bond motifs is 4. The van der Waals surface area contributed by atoms with Gasteiger partial charge in [-0.05, 0) is 96.0 Å². The molecule has 0 amide bonds. The van der Waals surface area contributed by atoms with E-state index < -0.39 is 0 Å². The van der Waals surface area contributed by atoms with Crippen molar-refractivity contribution in [2.45, 2.75) is 0 Å². The Hall–Kier alpha value is -6.77. The van der Waals surface area contributed by atoms with Gasteiger partial charge in [0.15, 0.2) is 0 Å². The molecule has 0 aliphatic carbocycles. The van der Waals surface area contributed by atoms with Gasteiger partial charge in [-0.15, -0.1) is 0 Å². The minimum absolute atomic E-state index is 0.925. The highest BCUT2D eigenvalue weighted by atomic mass is 15.1. The molecule has 10 rings (SSSR count). The second-order valence-corrected chi connectivity index (χ2v) is 13.1. The molecule has 2 heteroatoms. The Bertz CT molecular complexity index is 2840. The van der Waals surface area contributed by atoms with E-state index in [0.29, 0.717) is 0 Å². The first-order valence-corrected chi connectivity index (χ1v) is 17.5. The molecule has 2 nitrogen and oxygen atoms in total. The highest BCUT2D eigenvalue weighted by molar-refractivity contribution is 6.22. The summed E-state index contributed by atoms with van der Waals surface area (Å²) in [6, 6.07) is 69.8. The molecule has 0 aliphatic heterocycles. The van der Waals surface area contributed by atoms with Gasteiger partial charge in [-0.1, -0.05) is 164 Å². The van der Waals surface area contributed by atoms with Gasteiger partial charge in [-0.2, -0.15) is 0 Å². The molecule has 51 heavy (non-hydrogen) atoms. The molecular formula is C49H32N2. The molecule has 9 aromatic carbocycles. The molecule has 1 aromatic heterocycles. The first-order valence-electron chi connectivity index (χ1n) is 17.5. The summed E-state index contributed by atoms with van der Waals surface area (Å²) in [5, 5.41) is 7.45. The smallest absolute Gasteiger partial charge is 0.146 e. The summed E-state index contributed by atoms with van der Waals surface area (Å²) >= 11 is 0. The van der Waals surface area contributed by atoms with Crippen molar-refractivity contribution in [2.75, 3.05) is 0 Å². The van der Waals surface area contributed by atoms with Crippen molar-refractivity contribution in [1.82, 2.24) is 9.55 Å². The quantitative estimate of drug-likeness (QED) is 0.170. The third-order valence-corrected chi connectivity index (χ3v) is 10.2. The van der Waals surface area contributed by atoms with E-state index in [1.807, 2.05) is 0 Å². The fraction of sp³-hybridized carbons (Fsp3) is 0. The molecule has 0 saturated carbocycles. The lowest BCUT2D eigenvalue weighted by molar-refractivity contribution is 1.10. The maximum Gasteiger partial charge on any atom is 0.146 e. The van der Waals surface area contributed by atoms with Crippen LogP contribution in [0.15, 0.2) is 194 Å². The van der Waals surface area contributed by atoms with Crippen LogP contribution in [-0.2, 0) is 0 Å². The summed E-state index contributed by atoms with van der Waals surface area (Å²) < 4.78 is 2.31. The van der Waals surface area contributed by atoms with Crippen molar-refractivity contribution >= 4 is 43.4 Å². The van der Waals surface area contributed by atoms with Crippen LogP contribution in [0.1, 0.15) is 0 Å². The highest BCUT2D eigenvalue weighted by Gasteiger charge is 2.21. The van der Waals surface area contributed by atoms with Crippen LogP contribution in [0.2, 0.25) is 0 Å². The minimum Gasteiger partial charge on any atom is -0.292 e. The van der Waals surface area contributed by atoms with Gasteiger partial charge in [0.05, 0.1) is 11.0 Å². The molecule has 0 spiro atoms. The van der Waals surface area contributed by atoms with E-state index in [4.69, 9.17) is 4.98 Å². The van der Waals surface area contributed by atoms with Gasteiger partial charge in [-0.3, -0.25) is 4.57 Å². The number of benzene rings is 9. The second-order valence-electron chi connectivity index (χ2n) is 13.1. The fourth-order valence-electron chi connectivity index (χ4n) is 7.90. The topological polar surface area (TPSA) is 17.8 Å². The molecule has 10 aromatic rings. The number of para-hydroxylation sites is 1. The molecular weight excluding hydrogens is 617 g/mol. The lowest BCUT2D eigenvalue weighted by Crippen LogP contribution is -1.98. The summed E-state index contributed by atoms with van der Waals surface area (Å²) in [4.78, 5) is 5.45. The summed E-state index contributed by atoms with van der Waals surface area (Å²) in [6.45, 7) is 0. The SMILES string of the molecule is c1ccc(-c2ccccc2-c2nc3cc(-c4c5ccccc5c(-c5ccc6ccccc6c5)c5ccccc45)ccc3n2-c2ccccc2)cc1. The first kappa shape index (κ1) is 29.2. The fourth-order valence-corrected chi connectivity index (χ4v) is 7.90. The van der Waals surface area contributed by atoms with Gasteiger partial charge < -0.3 is 0 Å². The van der Waals surface area contributed by atoms with Crippen molar-refractivity contribution in [3.05, 3.63) is 194 Å². The van der Waals surface area contributed by atoms with E-state index >= 15 is 0 Å². The monoisotopic (exact) mass is 648 g/mol. The van der Waals surface area contributed by atoms with E-state index in [2.05, 4.69) is 199 Å². The molecule has 238 valence electrons. The van der Waals surface area contributed by atoms with Gasteiger partial charge in [0, 0.05) is 11.3 Å². The number of imidazole rings is 1. The van der Waals surface area contributed by atoms with Crippen LogP contribution in [0, 0.1) is 0 Å². The molecule has 0 aliphatic rings. The lowest BCUT2D eigenvalue weighted by atomic mass is 9.85. The molecule has 0 saturated heterocycles. The Morgan fingerprint density at radius 1 is 0.353 bits per heavy atom. The zero-order valence-electron chi connectivity index (χ0n) is 27.9. The van der Waals surface area contributed by atoms with Gasteiger partial charge >= 0.3 is 0 Å². The molecule has 0 N–H and O–H groups in total. The van der Waals surface area contributed by atoms with Crippen LogP contribution in [0.4, 0.5) is 0 Å². The van der Waals surface area contributed by atoms with E-state index in [1.165, 1.54) is 54.6 Å².